The van der Waals surface area contributed by atoms with E-state index in [1.165, 1.54) is 10.1 Å². The summed E-state index contributed by atoms with van der Waals surface area (Å²) in [7, 11) is 0. The molecule has 1 heterocycles. The molecule has 1 aromatic carbocycles. The number of rotatable bonds is 2. The first-order chi connectivity index (χ1) is 6.70. The molecule has 0 aliphatic heterocycles. The van der Waals surface area contributed by atoms with Gasteiger partial charge in [0.1, 0.15) is 0 Å². The highest BCUT2D eigenvalue weighted by molar-refractivity contribution is 7.19. The largest absolute Gasteiger partial charge is 0.320 e. The van der Waals surface area contributed by atoms with Crippen LogP contribution in [0.1, 0.15) is 10.9 Å². The molecule has 0 radical (unpaired) electrons. The molecule has 0 amide bonds. The Morgan fingerprint density at radius 3 is 2.93 bits per heavy atom. The van der Waals surface area contributed by atoms with E-state index in [-0.39, 0.29) is 6.04 Å². The van der Waals surface area contributed by atoms with Crippen molar-refractivity contribution in [3.05, 3.63) is 46.8 Å². The summed E-state index contributed by atoms with van der Waals surface area (Å²) in [6.45, 7) is 3.68. The lowest BCUT2D eigenvalue weighted by molar-refractivity contribution is 0.941. The van der Waals surface area contributed by atoms with Crippen LogP contribution in [0.25, 0.3) is 10.1 Å². The van der Waals surface area contributed by atoms with E-state index < -0.39 is 0 Å². The summed E-state index contributed by atoms with van der Waals surface area (Å²) in [6, 6.07) is 7.86. The average molecular weight is 224 g/mol. The van der Waals surface area contributed by atoms with Crippen molar-refractivity contribution in [1.29, 1.82) is 0 Å². The van der Waals surface area contributed by atoms with E-state index in [9.17, 15) is 0 Å². The highest BCUT2D eigenvalue weighted by Gasteiger charge is 2.06. The predicted molar refractivity (Wildman–Crippen MR) is 64.0 cm³/mol. The SMILES string of the molecule is C=CC(N)c1cc2ccc(Cl)cc2s1. The minimum absolute atomic E-state index is 0.0776. The van der Waals surface area contributed by atoms with Crippen molar-refractivity contribution in [2.45, 2.75) is 6.04 Å². The van der Waals surface area contributed by atoms with Gasteiger partial charge in [-0.15, -0.1) is 17.9 Å². The monoisotopic (exact) mass is 223 g/mol. The van der Waals surface area contributed by atoms with Crippen LogP contribution in [0.2, 0.25) is 5.02 Å². The van der Waals surface area contributed by atoms with Crippen LogP contribution in [0, 0.1) is 0 Å². The van der Waals surface area contributed by atoms with E-state index in [0.29, 0.717) is 0 Å². The third-order valence-electron chi connectivity index (χ3n) is 2.08. The molecule has 1 atom stereocenters. The highest BCUT2D eigenvalue weighted by Crippen LogP contribution is 2.31. The summed E-state index contributed by atoms with van der Waals surface area (Å²) < 4.78 is 1.17. The Morgan fingerprint density at radius 2 is 2.21 bits per heavy atom. The van der Waals surface area contributed by atoms with Gasteiger partial charge < -0.3 is 5.73 Å². The van der Waals surface area contributed by atoms with Crippen molar-refractivity contribution < 1.29 is 0 Å². The zero-order chi connectivity index (χ0) is 10.1. The first-order valence-corrected chi connectivity index (χ1v) is 5.47. The Kier molecular flexibility index (Phi) is 2.59. The van der Waals surface area contributed by atoms with Crippen molar-refractivity contribution >= 4 is 33.0 Å². The molecule has 72 valence electrons. The van der Waals surface area contributed by atoms with Gasteiger partial charge in [-0.2, -0.15) is 0 Å². The van der Waals surface area contributed by atoms with Gasteiger partial charge in [0.05, 0.1) is 6.04 Å². The second-order valence-electron chi connectivity index (χ2n) is 3.09. The summed E-state index contributed by atoms with van der Waals surface area (Å²) in [5.74, 6) is 0. The molecule has 2 aromatic rings. The number of nitrogens with two attached hydrogens (primary N) is 1. The quantitative estimate of drug-likeness (QED) is 0.772. The van der Waals surface area contributed by atoms with Crippen LogP contribution < -0.4 is 5.73 Å². The maximum Gasteiger partial charge on any atom is 0.0573 e. The number of fused-ring (bicyclic) bond motifs is 1. The minimum Gasteiger partial charge on any atom is -0.320 e. The normalized spacial score (nSPS) is 13.0. The summed E-state index contributed by atoms with van der Waals surface area (Å²) in [5.41, 5.74) is 5.86. The number of hydrogen-bond acceptors (Lipinski definition) is 2. The molecule has 0 bridgehead atoms. The zero-order valence-electron chi connectivity index (χ0n) is 7.53. The second kappa shape index (κ2) is 3.73. The van der Waals surface area contributed by atoms with E-state index >= 15 is 0 Å². The molecular weight excluding hydrogens is 214 g/mol. The van der Waals surface area contributed by atoms with Gasteiger partial charge in [-0.05, 0) is 23.6 Å². The molecule has 14 heavy (non-hydrogen) atoms. The molecule has 0 fully saturated rings. The number of thiophene rings is 1. The summed E-state index contributed by atoms with van der Waals surface area (Å²) in [6.07, 6.45) is 1.74. The van der Waals surface area contributed by atoms with Crippen molar-refractivity contribution in [3.8, 4) is 0 Å². The van der Waals surface area contributed by atoms with Gasteiger partial charge >= 0.3 is 0 Å². The van der Waals surface area contributed by atoms with Crippen LogP contribution >= 0.6 is 22.9 Å². The van der Waals surface area contributed by atoms with Crippen LogP contribution in [-0.4, -0.2) is 0 Å². The molecule has 3 heteroatoms. The molecule has 2 N–H and O–H groups in total. The lowest BCUT2D eigenvalue weighted by Gasteiger charge is -1.99. The van der Waals surface area contributed by atoms with Crippen molar-refractivity contribution in [2.75, 3.05) is 0 Å². The van der Waals surface area contributed by atoms with E-state index in [0.717, 1.165) is 9.90 Å². The van der Waals surface area contributed by atoms with Gasteiger partial charge in [-0.1, -0.05) is 23.7 Å². The average Bonchev–Trinajstić information content (AvgIpc) is 2.59. The molecule has 0 saturated heterocycles. The molecule has 0 saturated carbocycles. The first kappa shape index (κ1) is 9.71. The smallest absolute Gasteiger partial charge is 0.0573 e. The lowest BCUT2D eigenvalue weighted by Crippen LogP contribution is -2.03. The van der Waals surface area contributed by atoms with Crippen molar-refractivity contribution in [2.24, 2.45) is 5.73 Å². The second-order valence-corrected chi connectivity index (χ2v) is 4.64. The number of benzene rings is 1. The topological polar surface area (TPSA) is 26.0 Å². The molecule has 1 aromatic heterocycles. The number of hydrogen-bond donors (Lipinski definition) is 1. The van der Waals surface area contributed by atoms with E-state index in [1.54, 1.807) is 17.4 Å². The molecule has 1 nitrogen and oxygen atoms in total. The maximum atomic E-state index is 5.90. The van der Waals surface area contributed by atoms with Crippen molar-refractivity contribution in [3.63, 3.8) is 0 Å². The van der Waals surface area contributed by atoms with Crippen LogP contribution in [0.5, 0.6) is 0 Å². The van der Waals surface area contributed by atoms with E-state index in [1.807, 2.05) is 18.2 Å². The van der Waals surface area contributed by atoms with Crippen molar-refractivity contribution in [1.82, 2.24) is 0 Å². The Balaban J connectivity index is 2.56. The Hall–Kier alpha value is -0.830. The Bertz CT molecular complexity index is 475. The van der Waals surface area contributed by atoms with Gasteiger partial charge in [-0.25, -0.2) is 0 Å². The zero-order valence-corrected chi connectivity index (χ0v) is 9.11. The highest BCUT2D eigenvalue weighted by atomic mass is 35.5. The lowest BCUT2D eigenvalue weighted by atomic mass is 10.2. The predicted octanol–water partition coefficient (Wildman–Crippen LogP) is 3.74. The maximum absolute atomic E-state index is 5.90. The Morgan fingerprint density at radius 1 is 1.43 bits per heavy atom. The summed E-state index contributed by atoms with van der Waals surface area (Å²) in [5, 5.41) is 1.95. The fourth-order valence-electron chi connectivity index (χ4n) is 1.31. The van der Waals surface area contributed by atoms with E-state index in [4.69, 9.17) is 17.3 Å². The van der Waals surface area contributed by atoms with Crippen LogP contribution in [0.15, 0.2) is 36.9 Å². The summed E-state index contributed by atoms with van der Waals surface area (Å²) >= 11 is 7.56. The van der Waals surface area contributed by atoms with Gasteiger partial charge in [0.2, 0.25) is 0 Å². The molecule has 1 unspecified atom stereocenters. The molecule has 0 aliphatic carbocycles. The minimum atomic E-state index is -0.0776. The molecule has 2 rings (SSSR count). The third-order valence-corrected chi connectivity index (χ3v) is 3.52. The van der Waals surface area contributed by atoms with Gasteiger partial charge in [0, 0.05) is 14.6 Å². The standard InChI is InChI=1S/C11H10ClNS/c1-2-9(13)11-5-7-3-4-8(12)6-10(7)14-11/h2-6,9H,1,13H2. The first-order valence-electron chi connectivity index (χ1n) is 4.28. The Labute approximate surface area is 91.8 Å². The third kappa shape index (κ3) is 1.69. The fraction of sp³-hybridized carbons (Fsp3) is 0.0909. The van der Waals surface area contributed by atoms with Crippen LogP contribution in [0.3, 0.4) is 0 Å². The summed E-state index contributed by atoms with van der Waals surface area (Å²) in [4.78, 5) is 1.12. The van der Waals surface area contributed by atoms with E-state index in [2.05, 4.69) is 12.6 Å². The number of halogens is 1. The molecule has 0 aliphatic rings. The van der Waals surface area contributed by atoms with Gasteiger partial charge in [0.25, 0.3) is 0 Å². The van der Waals surface area contributed by atoms with Gasteiger partial charge in [0.15, 0.2) is 0 Å². The van der Waals surface area contributed by atoms with Crippen LogP contribution in [-0.2, 0) is 0 Å². The fourth-order valence-corrected chi connectivity index (χ4v) is 2.65. The molecule has 0 spiro atoms. The van der Waals surface area contributed by atoms with Gasteiger partial charge in [-0.3, -0.25) is 0 Å². The molecular formula is C11H10ClNS. The van der Waals surface area contributed by atoms with Crippen LogP contribution in [0.4, 0.5) is 0 Å².